The molecule has 0 heterocycles. The van der Waals surface area contributed by atoms with Gasteiger partial charge in [-0.25, -0.2) is 54.0 Å². The van der Waals surface area contributed by atoms with E-state index in [0.29, 0.717) is 16.7 Å². The molecule has 0 atom stereocenters. The first kappa shape index (κ1) is 39.2. The molecule has 0 bridgehead atoms. The second kappa shape index (κ2) is 14.1. The Balaban J connectivity index is 1.40. The van der Waals surface area contributed by atoms with E-state index < -0.39 is 92.7 Å². The number of hydrogen-bond acceptors (Lipinski definition) is 2. The fourth-order valence-electron chi connectivity index (χ4n) is 6.78. The third-order valence-corrected chi connectivity index (χ3v) is 9.38. The van der Waals surface area contributed by atoms with Crippen molar-refractivity contribution in [1.29, 1.82) is 5.26 Å². The van der Waals surface area contributed by atoms with E-state index >= 15 is 0 Å². The molecule has 0 aromatic heterocycles. The number of allylic oxidation sites excluding steroid dienone is 1. The highest BCUT2D eigenvalue weighted by Crippen LogP contribution is 2.52. The quantitative estimate of drug-likeness (QED) is 0.0571. The van der Waals surface area contributed by atoms with E-state index in [1.165, 1.54) is 30.3 Å². The van der Waals surface area contributed by atoms with Gasteiger partial charge in [0, 0.05) is 11.1 Å². The Labute approximate surface area is 317 Å². The maximum absolute atomic E-state index is 14.6. The van der Waals surface area contributed by atoms with Crippen LogP contribution in [0.5, 0.6) is 5.75 Å². The topological polar surface area (TPSA) is 37.4 Å². The van der Waals surface area contributed by atoms with E-state index in [1.807, 2.05) is 0 Å². The molecule has 6 aromatic carbocycles. The molecule has 0 fully saturated rings. The molecule has 0 spiro atoms. The molecule has 0 unspecified atom stereocenters. The second-order valence-electron chi connectivity index (χ2n) is 12.6. The molecule has 0 N–H and O–H groups in total. The number of benzene rings is 6. The van der Waals surface area contributed by atoms with Gasteiger partial charge < -0.3 is 4.74 Å². The van der Waals surface area contributed by atoms with E-state index in [9.17, 15) is 62.3 Å². The van der Waals surface area contributed by atoms with Gasteiger partial charge in [0.25, 0.3) is 5.70 Å². The van der Waals surface area contributed by atoms with Crippen LogP contribution in [0.25, 0.3) is 66.1 Å². The number of aryl methyl sites for hydroxylation is 1. The normalized spacial score (nSPS) is 12.8. The summed E-state index contributed by atoms with van der Waals surface area (Å²) in [6.07, 6.45) is -5.31. The van der Waals surface area contributed by atoms with Gasteiger partial charge in [-0.1, -0.05) is 54.6 Å². The fourth-order valence-corrected chi connectivity index (χ4v) is 6.78. The van der Waals surface area contributed by atoms with Crippen LogP contribution in [-0.4, -0.2) is 6.36 Å². The van der Waals surface area contributed by atoms with Crippen LogP contribution in [0.4, 0.5) is 57.1 Å². The molecule has 16 heteroatoms. The highest BCUT2D eigenvalue weighted by atomic mass is 19.4. The van der Waals surface area contributed by atoms with Crippen molar-refractivity contribution < 1.29 is 61.8 Å². The van der Waals surface area contributed by atoms with Gasteiger partial charge in [0.15, 0.2) is 46.5 Å². The van der Waals surface area contributed by atoms with E-state index in [2.05, 4.69) is 9.58 Å². The van der Waals surface area contributed by atoms with Crippen LogP contribution in [0, 0.1) is 83.0 Å². The van der Waals surface area contributed by atoms with Crippen LogP contribution in [0.3, 0.4) is 0 Å². The number of ether oxygens (including phenoxy) is 1. The fraction of sp³-hybridized carbons (Fsp3) is 0.0476. The van der Waals surface area contributed by atoms with Gasteiger partial charge >= 0.3 is 6.36 Å². The van der Waals surface area contributed by atoms with Crippen molar-refractivity contribution in [1.82, 2.24) is 0 Å². The Morgan fingerprint density at radius 2 is 0.879 bits per heavy atom. The molecular weight excluding hydrogens is 795 g/mol. The lowest BCUT2D eigenvalue weighted by Gasteiger charge is -2.17. The molecule has 0 amide bonds. The minimum Gasteiger partial charge on any atom is -0.405 e. The number of rotatable bonds is 5. The van der Waals surface area contributed by atoms with Crippen molar-refractivity contribution >= 4 is 5.57 Å². The third kappa shape index (κ3) is 6.27. The maximum atomic E-state index is 14.6. The van der Waals surface area contributed by atoms with Crippen molar-refractivity contribution in [3.8, 4) is 67.5 Å². The number of nitrogens with zero attached hydrogens (tertiary/aromatic N) is 2. The Morgan fingerprint density at radius 1 is 0.517 bits per heavy atom. The smallest absolute Gasteiger partial charge is 0.405 e. The predicted octanol–water partition coefficient (Wildman–Crippen LogP) is 13.1. The van der Waals surface area contributed by atoms with Crippen molar-refractivity contribution in [2.24, 2.45) is 0 Å². The van der Waals surface area contributed by atoms with E-state index in [-0.39, 0.29) is 44.5 Å². The predicted molar refractivity (Wildman–Crippen MR) is 183 cm³/mol. The number of alkyl halides is 3. The SMILES string of the molecule is [C-]#[N+]/C(C#N)=C1\c2cc(C)c(-c3ccc(-c4c(F)c(F)c(F)c(F)c4F)cc3)cc2-c2cc(-c3ccc(-c4c(F)c(F)c(F)c(F)c4F)cc3)c(OC(F)(F)F)cc21. The van der Waals surface area contributed by atoms with E-state index in [1.54, 1.807) is 13.0 Å². The van der Waals surface area contributed by atoms with Crippen molar-refractivity contribution in [3.63, 3.8) is 0 Å². The molecule has 3 nitrogen and oxygen atoms in total. The molecule has 1 aliphatic rings. The molecular formula is C42H15F13N2O. The minimum absolute atomic E-state index is 0.0539. The third-order valence-electron chi connectivity index (χ3n) is 9.38. The van der Waals surface area contributed by atoms with Crippen LogP contribution < -0.4 is 4.74 Å². The van der Waals surface area contributed by atoms with Gasteiger partial charge in [0.2, 0.25) is 11.6 Å². The van der Waals surface area contributed by atoms with Crippen LogP contribution in [0.1, 0.15) is 16.7 Å². The van der Waals surface area contributed by atoms with Gasteiger partial charge in [-0.15, -0.1) is 13.2 Å². The highest BCUT2D eigenvalue weighted by molar-refractivity contribution is 6.06. The van der Waals surface area contributed by atoms with Gasteiger partial charge in [0.05, 0.1) is 23.8 Å². The number of nitriles is 1. The van der Waals surface area contributed by atoms with Crippen molar-refractivity contribution in [2.75, 3.05) is 0 Å². The van der Waals surface area contributed by atoms with Crippen LogP contribution >= 0.6 is 0 Å². The lowest BCUT2D eigenvalue weighted by molar-refractivity contribution is -0.274. The summed E-state index contributed by atoms with van der Waals surface area (Å²) in [5.74, 6) is -22.7. The molecule has 0 aliphatic heterocycles. The number of halogens is 13. The highest BCUT2D eigenvalue weighted by Gasteiger charge is 2.36. The molecule has 6 aromatic rings. The zero-order valence-corrected chi connectivity index (χ0v) is 28.6. The monoisotopic (exact) mass is 810 g/mol. The first-order valence-electron chi connectivity index (χ1n) is 16.2. The Kier molecular flexibility index (Phi) is 9.55. The zero-order valence-electron chi connectivity index (χ0n) is 28.6. The Bertz CT molecular complexity index is 2790. The summed E-state index contributed by atoms with van der Waals surface area (Å²) in [5.41, 5.74) is -2.61. The zero-order chi connectivity index (χ0) is 42.1. The lowest BCUT2D eigenvalue weighted by atomic mass is 9.91. The van der Waals surface area contributed by atoms with Crippen LogP contribution in [-0.2, 0) is 0 Å². The first-order chi connectivity index (χ1) is 27.4. The summed E-state index contributed by atoms with van der Waals surface area (Å²) >= 11 is 0. The average Bonchev–Trinajstić information content (AvgIpc) is 3.49. The van der Waals surface area contributed by atoms with E-state index in [0.717, 1.165) is 42.5 Å². The summed E-state index contributed by atoms with van der Waals surface area (Å²) in [7, 11) is 0. The molecule has 290 valence electrons. The Hall–Kier alpha value is -7.07. The lowest BCUT2D eigenvalue weighted by Crippen LogP contribution is -2.17. The summed E-state index contributed by atoms with van der Waals surface area (Å²) in [6, 6.07) is 15.6. The molecule has 7 rings (SSSR count). The van der Waals surface area contributed by atoms with Gasteiger partial charge in [0.1, 0.15) is 5.75 Å². The Morgan fingerprint density at radius 3 is 1.28 bits per heavy atom. The molecule has 1 aliphatic carbocycles. The summed E-state index contributed by atoms with van der Waals surface area (Å²) < 4.78 is 187. The summed E-state index contributed by atoms with van der Waals surface area (Å²) in [4.78, 5) is 3.25. The molecule has 58 heavy (non-hydrogen) atoms. The minimum atomic E-state index is -5.31. The van der Waals surface area contributed by atoms with Gasteiger partial charge in [-0.3, -0.25) is 0 Å². The first-order valence-corrected chi connectivity index (χ1v) is 16.2. The molecule has 0 radical (unpaired) electrons. The van der Waals surface area contributed by atoms with Crippen LogP contribution in [0.2, 0.25) is 0 Å². The average molecular weight is 811 g/mol. The standard InChI is InChI=1S/C42H15F13N2O/c1-16-11-25-23(12-21(16)17-3-7-19(8-4-17)29-32(43)36(47)40(51)37(48)33(29)44)24-13-22(28(58-42(53,54)55)14-26(24)31(25)27(15-56)57-2)18-5-9-20(10-6-18)30-34(45)38(49)41(52)39(50)35(30)46/h3-14H,1H3/b31-27+. The van der Waals surface area contributed by atoms with Crippen molar-refractivity contribution in [3.05, 3.63) is 165 Å². The van der Waals surface area contributed by atoms with E-state index in [4.69, 9.17) is 6.57 Å². The summed E-state index contributed by atoms with van der Waals surface area (Å²) in [5, 5.41) is 9.87. The van der Waals surface area contributed by atoms with Crippen molar-refractivity contribution in [2.45, 2.75) is 13.3 Å². The molecule has 0 saturated carbocycles. The maximum Gasteiger partial charge on any atom is 0.573 e. The van der Waals surface area contributed by atoms with Gasteiger partial charge in [-0.05, 0) is 80.8 Å². The number of hydrogen-bond donors (Lipinski definition) is 0. The number of fused-ring (bicyclic) bond motifs is 3. The van der Waals surface area contributed by atoms with Crippen LogP contribution in [0.15, 0.2) is 78.5 Å². The van der Waals surface area contributed by atoms with Gasteiger partial charge in [-0.2, -0.15) is 0 Å². The largest absolute Gasteiger partial charge is 0.573 e. The summed E-state index contributed by atoms with van der Waals surface area (Å²) in [6.45, 7) is 9.21. The second-order valence-corrected chi connectivity index (χ2v) is 12.6. The molecule has 0 saturated heterocycles.